The number of carbonyl (C=O) groups is 8. The van der Waals surface area contributed by atoms with E-state index < -0.39 is 83.2 Å². The van der Waals surface area contributed by atoms with E-state index in [0.717, 1.165) is 4.90 Å². The van der Waals surface area contributed by atoms with E-state index in [2.05, 4.69) is 27.8 Å². The second-order valence-corrected chi connectivity index (χ2v) is 17.2. The van der Waals surface area contributed by atoms with Crippen molar-refractivity contribution in [2.45, 2.75) is 150 Å². The van der Waals surface area contributed by atoms with Gasteiger partial charge in [0.2, 0.25) is 41.4 Å². The lowest BCUT2D eigenvalue weighted by atomic mass is 9.95. The summed E-state index contributed by atoms with van der Waals surface area (Å²) in [6, 6.07) is -6.23. The number of nitrogens with zero attached hydrogens (tertiary/aromatic N) is 4. The molecule has 17 nitrogen and oxygen atoms in total. The summed E-state index contributed by atoms with van der Waals surface area (Å²) < 4.78 is 5.60. The van der Waals surface area contributed by atoms with Crippen molar-refractivity contribution in [3.05, 3.63) is 12.3 Å². The van der Waals surface area contributed by atoms with Crippen molar-refractivity contribution in [3.63, 3.8) is 0 Å². The van der Waals surface area contributed by atoms with E-state index in [9.17, 15) is 38.4 Å². The Labute approximate surface area is 353 Å². The van der Waals surface area contributed by atoms with Crippen LogP contribution in [0.1, 0.15) is 108 Å². The summed E-state index contributed by atoms with van der Waals surface area (Å²) in [5.41, 5.74) is -1.01. The third-order valence-corrected chi connectivity index (χ3v) is 10.4. The summed E-state index contributed by atoms with van der Waals surface area (Å²) in [4.78, 5) is 112. The Morgan fingerprint density at radius 1 is 0.644 bits per heavy atom. The fourth-order valence-electron chi connectivity index (χ4n) is 6.29. The molecular formula is C42H76N8O9. The van der Waals surface area contributed by atoms with Crippen LogP contribution in [0.2, 0.25) is 0 Å². The van der Waals surface area contributed by atoms with E-state index in [4.69, 9.17) is 4.74 Å². The lowest BCUT2D eigenvalue weighted by molar-refractivity contribution is -0.146. The highest BCUT2D eigenvalue weighted by atomic mass is 16.5. The lowest BCUT2D eigenvalue weighted by Gasteiger charge is -2.37. The molecule has 0 heterocycles. The quantitative estimate of drug-likeness (QED) is 0.105. The van der Waals surface area contributed by atoms with Crippen LogP contribution in [0.15, 0.2) is 12.3 Å². The number of carbonyl (C=O) groups excluding carboxylic acids is 8. The van der Waals surface area contributed by atoms with Gasteiger partial charge in [-0.3, -0.25) is 38.4 Å². The highest BCUT2D eigenvalue weighted by molar-refractivity contribution is 6.00. The summed E-state index contributed by atoms with van der Waals surface area (Å²) in [5.74, 6) is -4.70. The Kier molecular flexibility index (Phi) is 22.6. The van der Waals surface area contributed by atoms with Gasteiger partial charge in [0.05, 0.1) is 5.60 Å². The summed E-state index contributed by atoms with van der Waals surface area (Å²) >= 11 is 0. The highest BCUT2D eigenvalue weighted by Gasteiger charge is 2.40. The van der Waals surface area contributed by atoms with Crippen LogP contribution < -0.4 is 21.3 Å². The van der Waals surface area contributed by atoms with Crippen molar-refractivity contribution in [2.75, 3.05) is 42.3 Å². The average molecular weight is 837 g/mol. The molecule has 0 unspecified atom stereocenters. The fourth-order valence-corrected chi connectivity index (χ4v) is 6.29. The van der Waals surface area contributed by atoms with Gasteiger partial charge in [-0.2, -0.15) is 0 Å². The maximum atomic E-state index is 14.3. The molecule has 6 atom stereocenters. The fraction of sp³-hybridized carbons (Fsp3) is 0.762. The van der Waals surface area contributed by atoms with E-state index in [1.807, 2.05) is 34.6 Å². The van der Waals surface area contributed by atoms with Crippen molar-refractivity contribution in [2.24, 2.45) is 17.8 Å². The van der Waals surface area contributed by atoms with Gasteiger partial charge in [-0.15, -0.1) is 0 Å². The van der Waals surface area contributed by atoms with E-state index in [1.54, 1.807) is 27.7 Å². The summed E-state index contributed by atoms with van der Waals surface area (Å²) in [6.07, 6.45) is 1.43. The molecule has 0 fully saturated rings. The van der Waals surface area contributed by atoms with Crippen LogP contribution in [0.3, 0.4) is 0 Å². The van der Waals surface area contributed by atoms with Crippen molar-refractivity contribution in [3.8, 4) is 0 Å². The summed E-state index contributed by atoms with van der Waals surface area (Å²) in [6.45, 7) is 23.2. The molecule has 0 aromatic carbocycles. The van der Waals surface area contributed by atoms with Gasteiger partial charge in [0.25, 0.3) is 5.91 Å². The van der Waals surface area contributed by atoms with Gasteiger partial charge in [-0.05, 0) is 64.7 Å². The molecule has 0 radical (unpaired) electrons. The Hall–Kier alpha value is -4.54. The van der Waals surface area contributed by atoms with Crippen LogP contribution in [0, 0.1) is 17.8 Å². The van der Waals surface area contributed by atoms with E-state index in [-0.39, 0.29) is 48.6 Å². The van der Waals surface area contributed by atoms with Crippen LogP contribution >= 0.6 is 0 Å². The Morgan fingerprint density at radius 3 is 1.54 bits per heavy atom. The zero-order valence-corrected chi connectivity index (χ0v) is 38.9. The lowest BCUT2D eigenvalue weighted by Crippen LogP contribution is -2.60. The molecule has 338 valence electrons. The number of ether oxygens (including phenoxy) is 1. The number of amides is 8. The van der Waals surface area contributed by atoms with Gasteiger partial charge >= 0.3 is 0 Å². The van der Waals surface area contributed by atoms with Gasteiger partial charge < -0.3 is 45.6 Å². The number of nitrogens with one attached hydrogen (secondary N) is 4. The molecule has 0 spiro atoms. The first kappa shape index (κ1) is 54.5. The molecule has 0 aliphatic carbocycles. The SMILES string of the molecule is C=C(C(=O)N(C)[C@@H](CC(C)(C)OC)C(=O)N[C@H](C(=O)N(C)[C@@H](CC(C)C)C(=O)N[C@@H](C)C(=O)N[C@H](C)C(=O)N(C)[C@@H](CC(C)C)C(=O)NC)C(C)C)N(C)C(=O)CCC. The molecule has 0 aromatic heterocycles. The number of hydrogen-bond donors (Lipinski definition) is 4. The van der Waals surface area contributed by atoms with Crippen molar-refractivity contribution >= 4 is 47.3 Å². The van der Waals surface area contributed by atoms with E-state index >= 15 is 0 Å². The molecule has 0 saturated carbocycles. The first-order valence-electron chi connectivity index (χ1n) is 20.5. The zero-order valence-electron chi connectivity index (χ0n) is 38.9. The monoisotopic (exact) mass is 837 g/mol. The predicted octanol–water partition coefficient (Wildman–Crippen LogP) is 2.04. The molecule has 0 rings (SSSR count). The standard InChI is InChI=1S/C42H76N8O9/c1-19-20-33(51)47(14)29(10)40(57)50(17)32(23-42(11,12)59-18)38(55)46-34(26(6)7)41(58)49(16)31(22-25(4)5)37(54)44-27(8)35(52)45-28(9)39(56)48(15)30(21-24(2)3)36(53)43-13/h24-28,30-32,34H,10,19-23H2,1-9,11-18H3,(H,43,53)(H,44,54)(H,45,52)(H,46,55)/t27-,28+,30-,31-,32-,34-/m0/s1. The third kappa shape index (κ3) is 16.6. The zero-order chi connectivity index (χ0) is 46.3. The van der Waals surface area contributed by atoms with Crippen LogP contribution in [0.5, 0.6) is 0 Å². The minimum atomic E-state index is -1.16. The molecular weight excluding hydrogens is 761 g/mol. The molecule has 0 bridgehead atoms. The Bertz CT molecular complexity index is 1500. The van der Waals surface area contributed by atoms with Gasteiger partial charge in [-0.25, -0.2) is 0 Å². The molecule has 8 amide bonds. The third-order valence-electron chi connectivity index (χ3n) is 10.4. The summed E-state index contributed by atoms with van der Waals surface area (Å²) in [7, 11) is 8.78. The van der Waals surface area contributed by atoms with Crippen molar-refractivity contribution in [1.82, 2.24) is 40.9 Å². The minimum absolute atomic E-state index is 0.0255. The second kappa shape index (κ2) is 24.5. The molecule has 4 N–H and O–H groups in total. The molecule has 17 heteroatoms. The molecule has 0 saturated heterocycles. The average Bonchev–Trinajstić information content (AvgIpc) is 3.16. The molecule has 59 heavy (non-hydrogen) atoms. The largest absolute Gasteiger partial charge is 0.379 e. The Morgan fingerprint density at radius 2 is 1.10 bits per heavy atom. The number of hydrogen-bond acceptors (Lipinski definition) is 9. The van der Waals surface area contributed by atoms with Gasteiger partial charge in [0.1, 0.15) is 41.9 Å². The molecule has 0 aliphatic heterocycles. The number of rotatable bonds is 24. The Balaban J connectivity index is 6.33. The molecule has 0 aromatic rings. The van der Waals surface area contributed by atoms with E-state index in [1.165, 1.54) is 70.9 Å². The van der Waals surface area contributed by atoms with Crippen molar-refractivity contribution < 1.29 is 43.1 Å². The smallest absolute Gasteiger partial charge is 0.270 e. The topological polar surface area (TPSA) is 207 Å². The van der Waals surface area contributed by atoms with Gasteiger partial charge in [0, 0.05) is 55.2 Å². The molecule has 0 aliphatic rings. The number of likely N-dealkylation sites (N-methyl/N-ethyl adjacent to an activating group) is 5. The highest BCUT2D eigenvalue weighted by Crippen LogP contribution is 2.22. The first-order valence-corrected chi connectivity index (χ1v) is 20.5. The van der Waals surface area contributed by atoms with Crippen LogP contribution in [0.4, 0.5) is 0 Å². The maximum absolute atomic E-state index is 14.3. The van der Waals surface area contributed by atoms with Crippen LogP contribution in [-0.4, -0.2) is 151 Å². The minimum Gasteiger partial charge on any atom is -0.379 e. The maximum Gasteiger partial charge on any atom is 0.270 e. The van der Waals surface area contributed by atoms with E-state index in [0.29, 0.717) is 12.8 Å². The van der Waals surface area contributed by atoms with Crippen LogP contribution in [0.25, 0.3) is 0 Å². The first-order chi connectivity index (χ1) is 27.1. The number of methoxy groups -OCH3 is 1. The van der Waals surface area contributed by atoms with Gasteiger partial charge in [-0.1, -0.05) is 55.0 Å². The van der Waals surface area contributed by atoms with Crippen LogP contribution in [-0.2, 0) is 43.1 Å². The van der Waals surface area contributed by atoms with Gasteiger partial charge in [0.15, 0.2) is 0 Å². The normalized spacial score (nSPS) is 14.6. The second-order valence-electron chi connectivity index (χ2n) is 17.2. The van der Waals surface area contributed by atoms with Crippen molar-refractivity contribution in [1.29, 1.82) is 0 Å². The predicted molar refractivity (Wildman–Crippen MR) is 227 cm³/mol. The summed E-state index contributed by atoms with van der Waals surface area (Å²) in [5, 5.41) is 10.7.